The third-order valence-electron chi connectivity index (χ3n) is 6.38. The van der Waals surface area contributed by atoms with Gasteiger partial charge in [0.05, 0.1) is 35.5 Å². The standard InChI is InChI=1S/C26H21N5O4/c1-12-21(13(2)35-31-12)17-10-19-16(11-20(17)34-3)22-23(29-25(26(32)33)30-24(22)28-19)15-8-9-27-18-7-5-4-6-14(15)18/h4-11,18,27H,1-3H3,(H,32,33)(H,28,29,30). The van der Waals surface area contributed by atoms with Gasteiger partial charge in [-0.1, -0.05) is 29.5 Å². The molecule has 1 aliphatic heterocycles. The van der Waals surface area contributed by atoms with Crippen molar-refractivity contribution < 1.29 is 19.2 Å². The van der Waals surface area contributed by atoms with Crippen LogP contribution in [0, 0.1) is 13.8 Å². The van der Waals surface area contributed by atoms with Gasteiger partial charge in [0.1, 0.15) is 17.2 Å². The van der Waals surface area contributed by atoms with E-state index in [2.05, 4.69) is 25.4 Å². The maximum atomic E-state index is 11.9. The smallest absolute Gasteiger partial charge is 0.374 e. The first kappa shape index (κ1) is 20.9. The van der Waals surface area contributed by atoms with Gasteiger partial charge < -0.3 is 24.7 Å². The van der Waals surface area contributed by atoms with E-state index in [1.807, 2.05) is 62.6 Å². The fourth-order valence-corrected chi connectivity index (χ4v) is 4.84. The summed E-state index contributed by atoms with van der Waals surface area (Å²) in [5.41, 5.74) is 6.01. The summed E-state index contributed by atoms with van der Waals surface area (Å²) in [5.74, 6) is -0.151. The quantitative estimate of drug-likeness (QED) is 0.402. The second-order valence-electron chi connectivity index (χ2n) is 8.44. The number of hydrogen-bond acceptors (Lipinski definition) is 7. The van der Waals surface area contributed by atoms with Crippen molar-refractivity contribution in [3.63, 3.8) is 0 Å². The zero-order chi connectivity index (χ0) is 24.3. The summed E-state index contributed by atoms with van der Waals surface area (Å²) in [5, 5.41) is 18.7. The van der Waals surface area contributed by atoms with E-state index in [0.717, 1.165) is 44.3 Å². The van der Waals surface area contributed by atoms with E-state index in [-0.39, 0.29) is 11.9 Å². The summed E-state index contributed by atoms with van der Waals surface area (Å²) in [4.78, 5) is 24.0. The van der Waals surface area contributed by atoms with Gasteiger partial charge in [-0.15, -0.1) is 0 Å². The molecule has 3 aromatic heterocycles. The molecule has 174 valence electrons. The molecule has 3 N–H and O–H groups in total. The lowest BCUT2D eigenvalue weighted by molar-refractivity contribution is 0.0684. The molecular weight excluding hydrogens is 446 g/mol. The Morgan fingerprint density at radius 2 is 2.03 bits per heavy atom. The van der Waals surface area contributed by atoms with E-state index < -0.39 is 5.97 Å². The van der Waals surface area contributed by atoms with Crippen molar-refractivity contribution in [2.24, 2.45) is 0 Å². The minimum Gasteiger partial charge on any atom is -0.496 e. The third-order valence-corrected chi connectivity index (χ3v) is 6.38. The van der Waals surface area contributed by atoms with Gasteiger partial charge in [-0.05, 0) is 43.8 Å². The fourth-order valence-electron chi connectivity index (χ4n) is 4.84. The van der Waals surface area contributed by atoms with E-state index in [1.165, 1.54) is 0 Å². The molecule has 1 aliphatic carbocycles. The highest BCUT2D eigenvalue weighted by Gasteiger charge is 2.26. The van der Waals surface area contributed by atoms with Gasteiger partial charge in [-0.3, -0.25) is 0 Å². The second-order valence-corrected chi connectivity index (χ2v) is 8.44. The lowest BCUT2D eigenvalue weighted by Gasteiger charge is -2.24. The number of nitrogens with zero attached hydrogens (tertiary/aromatic N) is 3. The Morgan fingerprint density at radius 1 is 1.17 bits per heavy atom. The molecule has 0 bridgehead atoms. The van der Waals surface area contributed by atoms with Gasteiger partial charge in [-0.25, -0.2) is 14.8 Å². The summed E-state index contributed by atoms with van der Waals surface area (Å²) in [6.45, 7) is 3.73. The first-order valence-corrected chi connectivity index (χ1v) is 11.1. The van der Waals surface area contributed by atoms with Crippen molar-refractivity contribution >= 4 is 33.5 Å². The Labute approximate surface area is 199 Å². The molecule has 6 rings (SSSR count). The van der Waals surface area contributed by atoms with Gasteiger partial charge in [0, 0.05) is 22.0 Å². The number of aromatic amines is 1. The molecule has 9 heteroatoms. The molecular formula is C26H21N5O4. The minimum absolute atomic E-state index is 0.0239. The van der Waals surface area contributed by atoms with Crippen molar-refractivity contribution in [1.29, 1.82) is 0 Å². The van der Waals surface area contributed by atoms with Gasteiger partial charge >= 0.3 is 5.97 Å². The van der Waals surface area contributed by atoms with Gasteiger partial charge in [-0.2, -0.15) is 0 Å². The number of aromatic nitrogens is 4. The lowest BCUT2D eigenvalue weighted by Crippen LogP contribution is -2.28. The zero-order valence-electron chi connectivity index (χ0n) is 19.2. The molecule has 0 radical (unpaired) electrons. The number of carbonyl (C=O) groups is 1. The third kappa shape index (κ3) is 3.16. The number of aromatic carboxylic acids is 1. The zero-order valence-corrected chi connectivity index (χ0v) is 19.2. The van der Waals surface area contributed by atoms with E-state index >= 15 is 0 Å². The average Bonchev–Trinajstić information content (AvgIpc) is 3.40. The number of H-pyrrole nitrogens is 1. The first-order valence-electron chi connectivity index (χ1n) is 11.1. The molecule has 0 amide bonds. The Balaban J connectivity index is 1.70. The van der Waals surface area contributed by atoms with Crippen LogP contribution in [0.4, 0.5) is 0 Å². The minimum atomic E-state index is -1.19. The van der Waals surface area contributed by atoms with Crippen LogP contribution in [-0.2, 0) is 0 Å². The van der Waals surface area contributed by atoms with Crippen LogP contribution in [0.2, 0.25) is 0 Å². The highest BCUT2D eigenvalue weighted by molar-refractivity contribution is 6.13. The molecule has 0 saturated heterocycles. The molecule has 0 fully saturated rings. The van der Waals surface area contributed by atoms with Crippen LogP contribution in [0.3, 0.4) is 0 Å². The number of carboxylic acids is 1. The number of aryl methyl sites for hydroxylation is 2. The van der Waals surface area contributed by atoms with Crippen LogP contribution in [0.1, 0.15) is 27.8 Å². The van der Waals surface area contributed by atoms with Gasteiger partial charge in [0.2, 0.25) is 5.82 Å². The van der Waals surface area contributed by atoms with Gasteiger partial charge in [0.25, 0.3) is 0 Å². The molecule has 1 aromatic carbocycles. The summed E-state index contributed by atoms with van der Waals surface area (Å²) < 4.78 is 11.1. The molecule has 0 saturated carbocycles. The SMILES string of the molecule is COc1cc2c(cc1-c1c(C)noc1C)[nH]c1nc(C(=O)O)nc(C3=C4C=CC=CC4NC=C3)c12. The Bertz CT molecular complexity index is 1650. The van der Waals surface area contributed by atoms with E-state index in [9.17, 15) is 9.90 Å². The molecule has 1 unspecified atom stereocenters. The molecule has 9 nitrogen and oxygen atoms in total. The number of allylic oxidation sites excluding steroid dienone is 4. The van der Waals surface area contributed by atoms with Crippen molar-refractivity contribution in [2.45, 2.75) is 19.9 Å². The number of ether oxygens (including phenoxy) is 1. The molecule has 0 spiro atoms. The number of rotatable bonds is 4. The Morgan fingerprint density at radius 3 is 2.77 bits per heavy atom. The van der Waals surface area contributed by atoms with E-state index in [0.29, 0.717) is 22.9 Å². The van der Waals surface area contributed by atoms with Crippen LogP contribution in [0.5, 0.6) is 5.75 Å². The highest BCUT2D eigenvalue weighted by Crippen LogP contribution is 2.41. The van der Waals surface area contributed by atoms with E-state index in [1.54, 1.807) is 7.11 Å². The normalized spacial score (nSPS) is 16.7. The van der Waals surface area contributed by atoms with Crippen LogP contribution in [0.25, 0.3) is 38.6 Å². The number of nitrogens with one attached hydrogen (secondary N) is 2. The van der Waals surface area contributed by atoms with Gasteiger partial charge in [0.15, 0.2) is 0 Å². The maximum Gasteiger partial charge on any atom is 0.374 e. The molecule has 35 heavy (non-hydrogen) atoms. The van der Waals surface area contributed by atoms with Crippen LogP contribution in [0.15, 0.2) is 58.8 Å². The lowest BCUT2D eigenvalue weighted by atomic mass is 9.91. The van der Waals surface area contributed by atoms with Crippen molar-refractivity contribution in [3.05, 3.63) is 77.3 Å². The van der Waals surface area contributed by atoms with Crippen LogP contribution in [-0.4, -0.2) is 44.3 Å². The number of benzene rings is 1. The van der Waals surface area contributed by atoms with Crippen molar-refractivity contribution in [1.82, 2.24) is 25.4 Å². The predicted molar refractivity (Wildman–Crippen MR) is 131 cm³/mol. The monoisotopic (exact) mass is 467 g/mol. The largest absolute Gasteiger partial charge is 0.496 e. The number of hydrogen-bond donors (Lipinski definition) is 3. The summed E-state index contributed by atoms with van der Waals surface area (Å²) in [6.07, 6.45) is 11.8. The van der Waals surface area contributed by atoms with Crippen molar-refractivity contribution in [3.8, 4) is 16.9 Å². The summed E-state index contributed by atoms with van der Waals surface area (Å²) in [7, 11) is 1.61. The van der Waals surface area contributed by atoms with Crippen LogP contribution >= 0.6 is 0 Å². The topological polar surface area (TPSA) is 126 Å². The Hall–Kier alpha value is -4.66. The fraction of sp³-hybridized carbons (Fsp3) is 0.154. The summed E-state index contributed by atoms with van der Waals surface area (Å²) >= 11 is 0. The molecule has 4 heterocycles. The predicted octanol–water partition coefficient (Wildman–Crippen LogP) is 4.45. The number of dihydropyridines is 1. The molecule has 2 aliphatic rings. The number of fused-ring (bicyclic) bond motifs is 4. The molecule has 1 atom stereocenters. The van der Waals surface area contributed by atoms with Crippen molar-refractivity contribution in [2.75, 3.05) is 7.11 Å². The highest BCUT2D eigenvalue weighted by atomic mass is 16.5. The second kappa shape index (κ2) is 7.69. The summed E-state index contributed by atoms with van der Waals surface area (Å²) in [6, 6.07) is 3.85. The van der Waals surface area contributed by atoms with E-state index in [4.69, 9.17) is 9.26 Å². The molecule has 4 aromatic rings. The average molecular weight is 467 g/mol. The van der Waals surface area contributed by atoms with Crippen LogP contribution < -0.4 is 10.1 Å². The number of carboxylic acid groups (broad SMARTS) is 1. The Kier molecular flexibility index (Phi) is 4.60. The maximum absolute atomic E-state index is 11.9. The first-order chi connectivity index (χ1) is 17.0. The number of methoxy groups -OCH3 is 1.